The molecule has 1 heterocycles. The molecule has 0 saturated heterocycles. The molecular formula is C11H10FNO. The third kappa shape index (κ3) is 1.66. The Kier molecular flexibility index (Phi) is 2.31. The van der Waals surface area contributed by atoms with Crippen LogP contribution < -0.4 is 0 Å². The van der Waals surface area contributed by atoms with Gasteiger partial charge in [-0.1, -0.05) is 6.92 Å². The fourth-order valence-corrected chi connectivity index (χ4v) is 1.19. The van der Waals surface area contributed by atoms with Crippen molar-refractivity contribution in [3.05, 3.63) is 42.0 Å². The number of hydrogen-bond acceptors (Lipinski definition) is 2. The van der Waals surface area contributed by atoms with Crippen LogP contribution in [0.15, 0.2) is 34.9 Å². The lowest BCUT2D eigenvalue weighted by molar-refractivity contribution is 0.572. The van der Waals surface area contributed by atoms with Crippen molar-refractivity contribution in [1.29, 1.82) is 0 Å². The SMILES string of the molecule is CCc1coc(-c2ccc(F)cc2)n1. The predicted molar refractivity (Wildman–Crippen MR) is 51.3 cm³/mol. The number of rotatable bonds is 2. The molecule has 0 N–H and O–H groups in total. The fraction of sp³-hybridized carbons (Fsp3) is 0.182. The molecule has 72 valence electrons. The van der Waals surface area contributed by atoms with Crippen molar-refractivity contribution in [2.75, 3.05) is 0 Å². The summed E-state index contributed by atoms with van der Waals surface area (Å²) >= 11 is 0. The molecule has 0 radical (unpaired) electrons. The molecular weight excluding hydrogens is 181 g/mol. The average molecular weight is 191 g/mol. The van der Waals surface area contributed by atoms with Crippen LogP contribution in [0.4, 0.5) is 4.39 Å². The molecule has 2 aromatic rings. The Balaban J connectivity index is 2.34. The van der Waals surface area contributed by atoms with Gasteiger partial charge in [0.15, 0.2) is 0 Å². The van der Waals surface area contributed by atoms with Crippen molar-refractivity contribution in [1.82, 2.24) is 4.98 Å². The van der Waals surface area contributed by atoms with Crippen LogP contribution in [0, 0.1) is 5.82 Å². The van der Waals surface area contributed by atoms with Crippen molar-refractivity contribution in [2.24, 2.45) is 0 Å². The second-order valence-corrected chi connectivity index (χ2v) is 3.00. The molecule has 0 fully saturated rings. The first kappa shape index (κ1) is 8.94. The second kappa shape index (κ2) is 3.62. The summed E-state index contributed by atoms with van der Waals surface area (Å²) in [5, 5.41) is 0. The minimum absolute atomic E-state index is 0.254. The second-order valence-electron chi connectivity index (χ2n) is 3.00. The number of oxazole rings is 1. The van der Waals surface area contributed by atoms with Gasteiger partial charge >= 0.3 is 0 Å². The molecule has 1 aromatic heterocycles. The average Bonchev–Trinajstić information content (AvgIpc) is 2.67. The van der Waals surface area contributed by atoms with E-state index in [4.69, 9.17) is 4.42 Å². The van der Waals surface area contributed by atoms with Gasteiger partial charge in [0.25, 0.3) is 0 Å². The Labute approximate surface area is 81.4 Å². The highest BCUT2D eigenvalue weighted by Gasteiger charge is 2.04. The molecule has 0 unspecified atom stereocenters. The van der Waals surface area contributed by atoms with Crippen molar-refractivity contribution in [2.45, 2.75) is 13.3 Å². The van der Waals surface area contributed by atoms with Crippen LogP contribution in [-0.4, -0.2) is 4.98 Å². The van der Waals surface area contributed by atoms with Crippen LogP contribution in [0.1, 0.15) is 12.6 Å². The van der Waals surface area contributed by atoms with Crippen molar-refractivity contribution in [3.63, 3.8) is 0 Å². The van der Waals surface area contributed by atoms with Gasteiger partial charge in [-0.3, -0.25) is 0 Å². The molecule has 0 bridgehead atoms. The van der Waals surface area contributed by atoms with Gasteiger partial charge in [-0.15, -0.1) is 0 Å². The summed E-state index contributed by atoms with van der Waals surface area (Å²) in [6.07, 6.45) is 2.46. The topological polar surface area (TPSA) is 26.0 Å². The van der Waals surface area contributed by atoms with Crippen molar-refractivity contribution < 1.29 is 8.81 Å². The van der Waals surface area contributed by atoms with Crippen molar-refractivity contribution >= 4 is 0 Å². The molecule has 0 saturated carbocycles. The van der Waals surface area contributed by atoms with Gasteiger partial charge < -0.3 is 4.42 Å². The van der Waals surface area contributed by atoms with Crippen LogP contribution in [0.2, 0.25) is 0 Å². The molecule has 0 spiro atoms. The van der Waals surface area contributed by atoms with E-state index in [2.05, 4.69) is 4.98 Å². The van der Waals surface area contributed by atoms with E-state index < -0.39 is 0 Å². The highest BCUT2D eigenvalue weighted by molar-refractivity contribution is 5.52. The Bertz CT molecular complexity index is 419. The molecule has 14 heavy (non-hydrogen) atoms. The van der Waals surface area contributed by atoms with Gasteiger partial charge in [0.2, 0.25) is 5.89 Å². The van der Waals surface area contributed by atoms with E-state index in [1.54, 1.807) is 18.4 Å². The first-order valence-corrected chi connectivity index (χ1v) is 4.50. The van der Waals surface area contributed by atoms with E-state index in [0.29, 0.717) is 5.89 Å². The largest absolute Gasteiger partial charge is 0.444 e. The number of aryl methyl sites for hydroxylation is 1. The monoisotopic (exact) mass is 191 g/mol. The molecule has 0 atom stereocenters. The molecule has 0 amide bonds. The van der Waals surface area contributed by atoms with Crippen molar-refractivity contribution in [3.8, 4) is 11.5 Å². The maximum Gasteiger partial charge on any atom is 0.226 e. The summed E-state index contributed by atoms with van der Waals surface area (Å²) in [4.78, 5) is 4.24. The Morgan fingerprint density at radius 2 is 2.00 bits per heavy atom. The molecule has 2 nitrogen and oxygen atoms in total. The minimum Gasteiger partial charge on any atom is -0.444 e. The van der Waals surface area contributed by atoms with Crippen LogP contribution >= 0.6 is 0 Å². The van der Waals surface area contributed by atoms with Gasteiger partial charge in [-0.05, 0) is 30.7 Å². The zero-order valence-electron chi connectivity index (χ0n) is 7.83. The zero-order chi connectivity index (χ0) is 9.97. The molecule has 0 aliphatic rings. The number of nitrogens with zero attached hydrogens (tertiary/aromatic N) is 1. The van der Waals surface area contributed by atoms with Crippen LogP contribution in [-0.2, 0) is 6.42 Å². The zero-order valence-corrected chi connectivity index (χ0v) is 7.83. The molecule has 1 aromatic carbocycles. The quantitative estimate of drug-likeness (QED) is 0.729. The third-order valence-electron chi connectivity index (χ3n) is 2.01. The summed E-state index contributed by atoms with van der Waals surface area (Å²) in [7, 11) is 0. The van der Waals surface area contributed by atoms with Gasteiger partial charge in [0, 0.05) is 5.56 Å². The maximum absolute atomic E-state index is 12.6. The minimum atomic E-state index is -0.254. The number of halogens is 1. The maximum atomic E-state index is 12.6. The summed E-state index contributed by atoms with van der Waals surface area (Å²) in [5.41, 5.74) is 1.70. The standard InChI is InChI=1S/C11H10FNO/c1-2-10-7-14-11(13-10)8-3-5-9(12)6-4-8/h3-7H,2H2,1H3. The number of aromatic nitrogens is 1. The first-order chi connectivity index (χ1) is 6.79. The highest BCUT2D eigenvalue weighted by Crippen LogP contribution is 2.18. The van der Waals surface area contributed by atoms with Crippen LogP contribution in [0.5, 0.6) is 0 Å². The summed E-state index contributed by atoms with van der Waals surface area (Å²) in [5.74, 6) is 0.290. The lowest BCUT2D eigenvalue weighted by atomic mass is 10.2. The highest BCUT2D eigenvalue weighted by atomic mass is 19.1. The van der Waals surface area contributed by atoms with Crippen LogP contribution in [0.3, 0.4) is 0 Å². The van der Waals surface area contributed by atoms with Gasteiger partial charge in [-0.2, -0.15) is 0 Å². The first-order valence-electron chi connectivity index (χ1n) is 4.50. The molecule has 0 aliphatic carbocycles. The number of benzene rings is 1. The smallest absolute Gasteiger partial charge is 0.226 e. The third-order valence-corrected chi connectivity index (χ3v) is 2.01. The fourth-order valence-electron chi connectivity index (χ4n) is 1.19. The summed E-state index contributed by atoms with van der Waals surface area (Å²) in [6.45, 7) is 2.01. The molecule has 3 heteroatoms. The van der Waals surface area contributed by atoms with E-state index in [1.165, 1.54) is 12.1 Å². The van der Waals surface area contributed by atoms with E-state index in [1.807, 2.05) is 6.92 Å². The van der Waals surface area contributed by atoms with Gasteiger partial charge in [0.05, 0.1) is 5.69 Å². The number of hydrogen-bond donors (Lipinski definition) is 0. The predicted octanol–water partition coefficient (Wildman–Crippen LogP) is 3.04. The van der Waals surface area contributed by atoms with E-state index >= 15 is 0 Å². The van der Waals surface area contributed by atoms with E-state index in [0.717, 1.165) is 17.7 Å². The Morgan fingerprint density at radius 3 is 2.57 bits per heavy atom. The summed E-state index contributed by atoms with van der Waals surface area (Å²) in [6, 6.07) is 6.09. The van der Waals surface area contributed by atoms with E-state index in [-0.39, 0.29) is 5.82 Å². The Hall–Kier alpha value is -1.64. The normalized spacial score (nSPS) is 10.4. The summed E-state index contributed by atoms with van der Waals surface area (Å²) < 4.78 is 17.9. The van der Waals surface area contributed by atoms with Crippen LogP contribution in [0.25, 0.3) is 11.5 Å². The molecule has 0 aliphatic heterocycles. The molecule has 2 rings (SSSR count). The lowest BCUT2D eigenvalue weighted by Crippen LogP contribution is -1.81. The van der Waals surface area contributed by atoms with Gasteiger partial charge in [-0.25, -0.2) is 9.37 Å². The lowest BCUT2D eigenvalue weighted by Gasteiger charge is -1.93. The van der Waals surface area contributed by atoms with E-state index in [9.17, 15) is 4.39 Å². The Morgan fingerprint density at radius 1 is 1.29 bits per heavy atom. The van der Waals surface area contributed by atoms with Gasteiger partial charge in [0.1, 0.15) is 12.1 Å².